The highest BCUT2D eigenvalue weighted by atomic mass is 14.9. The van der Waals surface area contributed by atoms with Gasteiger partial charge < -0.3 is 0 Å². The second-order valence-electron chi connectivity index (χ2n) is 16.6. The molecule has 0 saturated carbocycles. The molecule has 0 spiro atoms. The smallest absolute Gasteiger partial charge is 0.160 e. The highest BCUT2D eigenvalue weighted by molar-refractivity contribution is 6.20. The predicted octanol–water partition coefficient (Wildman–Crippen LogP) is 15.6. The van der Waals surface area contributed by atoms with E-state index in [1.165, 1.54) is 71.3 Å². The number of hydrogen-bond acceptors (Lipinski definition) is 2. The summed E-state index contributed by atoms with van der Waals surface area (Å²) in [5.41, 5.74) is 15.6. The van der Waals surface area contributed by atoms with Gasteiger partial charge in [0.15, 0.2) is 5.82 Å². The molecular formula is C60H40N2. The van der Waals surface area contributed by atoms with Crippen molar-refractivity contribution in [1.29, 1.82) is 0 Å². The summed E-state index contributed by atoms with van der Waals surface area (Å²) in [5.74, 6) is 0.692. The maximum absolute atomic E-state index is 5.50. The summed E-state index contributed by atoms with van der Waals surface area (Å²) in [6, 6.07) is 81.2. The van der Waals surface area contributed by atoms with Crippen LogP contribution < -0.4 is 0 Å². The van der Waals surface area contributed by atoms with Gasteiger partial charge in [-0.15, -0.1) is 0 Å². The molecule has 290 valence electrons. The summed E-state index contributed by atoms with van der Waals surface area (Å²) >= 11 is 0. The van der Waals surface area contributed by atoms with Crippen LogP contribution in [-0.2, 0) is 5.41 Å². The van der Waals surface area contributed by atoms with Gasteiger partial charge in [0.1, 0.15) is 0 Å². The van der Waals surface area contributed by atoms with Crippen LogP contribution in [0, 0.1) is 0 Å². The summed E-state index contributed by atoms with van der Waals surface area (Å²) in [7, 11) is 0. The van der Waals surface area contributed by atoms with Gasteiger partial charge >= 0.3 is 0 Å². The molecule has 1 unspecified atom stereocenters. The third kappa shape index (κ3) is 5.72. The minimum atomic E-state index is -0.392. The molecule has 0 aliphatic heterocycles. The van der Waals surface area contributed by atoms with Gasteiger partial charge in [0.05, 0.1) is 11.4 Å². The molecule has 0 radical (unpaired) electrons. The van der Waals surface area contributed by atoms with Crippen molar-refractivity contribution in [3.05, 3.63) is 241 Å². The van der Waals surface area contributed by atoms with Crippen LogP contribution in [0.2, 0.25) is 0 Å². The second-order valence-corrected chi connectivity index (χ2v) is 16.6. The summed E-state index contributed by atoms with van der Waals surface area (Å²) in [6.45, 7) is 2.38. The van der Waals surface area contributed by atoms with Crippen molar-refractivity contribution >= 4 is 32.3 Å². The molecular weight excluding hydrogens is 749 g/mol. The molecule has 62 heavy (non-hydrogen) atoms. The Balaban J connectivity index is 1.06. The Bertz CT molecular complexity index is 3520. The van der Waals surface area contributed by atoms with Gasteiger partial charge in [-0.3, -0.25) is 0 Å². The molecule has 1 heterocycles. The summed E-state index contributed by atoms with van der Waals surface area (Å²) in [4.78, 5) is 10.9. The van der Waals surface area contributed by atoms with Gasteiger partial charge in [0.25, 0.3) is 0 Å². The predicted molar refractivity (Wildman–Crippen MR) is 259 cm³/mol. The second kappa shape index (κ2) is 14.4. The van der Waals surface area contributed by atoms with Gasteiger partial charge in [-0.25, -0.2) is 9.97 Å². The fourth-order valence-corrected chi connectivity index (χ4v) is 10.2. The van der Waals surface area contributed by atoms with Crippen LogP contribution in [0.25, 0.3) is 99.6 Å². The van der Waals surface area contributed by atoms with Crippen molar-refractivity contribution in [3.63, 3.8) is 0 Å². The molecule has 2 heteroatoms. The lowest BCUT2D eigenvalue weighted by Crippen LogP contribution is -2.23. The van der Waals surface area contributed by atoms with Crippen LogP contribution in [0.4, 0.5) is 0 Å². The molecule has 0 fully saturated rings. The molecule has 1 atom stereocenters. The van der Waals surface area contributed by atoms with Gasteiger partial charge in [-0.05, 0) is 108 Å². The number of nitrogens with zero attached hydrogens (tertiary/aromatic N) is 2. The normalized spacial score (nSPS) is 14.3. The molecule has 0 N–H and O–H groups in total. The highest BCUT2D eigenvalue weighted by Gasteiger charge is 2.42. The lowest BCUT2D eigenvalue weighted by Gasteiger charge is -2.30. The maximum Gasteiger partial charge on any atom is 0.160 e. The molecule has 0 amide bonds. The van der Waals surface area contributed by atoms with E-state index in [0.29, 0.717) is 5.82 Å². The van der Waals surface area contributed by atoms with E-state index in [1.807, 2.05) is 0 Å². The van der Waals surface area contributed by atoms with Crippen molar-refractivity contribution in [2.24, 2.45) is 0 Å². The van der Waals surface area contributed by atoms with Crippen molar-refractivity contribution in [2.75, 3.05) is 0 Å². The number of rotatable bonds is 6. The van der Waals surface area contributed by atoms with Crippen LogP contribution in [0.3, 0.4) is 0 Å². The Morgan fingerprint density at radius 3 is 1.79 bits per heavy atom. The first-order chi connectivity index (χ1) is 30.6. The molecule has 1 aliphatic carbocycles. The van der Waals surface area contributed by atoms with E-state index in [9.17, 15) is 0 Å². The maximum atomic E-state index is 5.50. The van der Waals surface area contributed by atoms with Gasteiger partial charge in [0, 0.05) is 22.1 Å². The largest absolute Gasteiger partial charge is 0.228 e. The van der Waals surface area contributed by atoms with Crippen LogP contribution in [0.15, 0.2) is 224 Å². The lowest BCUT2D eigenvalue weighted by atomic mass is 9.72. The van der Waals surface area contributed by atoms with E-state index >= 15 is 0 Å². The zero-order valence-electron chi connectivity index (χ0n) is 34.3. The summed E-state index contributed by atoms with van der Waals surface area (Å²) < 4.78 is 0. The molecule has 0 saturated heterocycles. The van der Waals surface area contributed by atoms with E-state index in [4.69, 9.17) is 9.97 Å². The lowest BCUT2D eigenvalue weighted by molar-refractivity contribution is 0.715. The van der Waals surface area contributed by atoms with Crippen LogP contribution >= 0.6 is 0 Å². The minimum Gasteiger partial charge on any atom is -0.228 e. The topological polar surface area (TPSA) is 25.8 Å². The zero-order valence-corrected chi connectivity index (χ0v) is 34.3. The van der Waals surface area contributed by atoms with E-state index < -0.39 is 5.41 Å². The van der Waals surface area contributed by atoms with Crippen LogP contribution in [0.5, 0.6) is 0 Å². The minimum absolute atomic E-state index is 0.392. The Morgan fingerprint density at radius 2 is 0.952 bits per heavy atom. The molecule has 11 aromatic rings. The monoisotopic (exact) mass is 788 g/mol. The highest BCUT2D eigenvalue weighted by Crippen LogP contribution is 2.55. The quantitative estimate of drug-likeness (QED) is 0.124. The van der Waals surface area contributed by atoms with Gasteiger partial charge in [0.2, 0.25) is 0 Å². The average molecular weight is 789 g/mol. The summed E-state index contributed by atoms with van der Waals surface area (Å²) in [6.07, 6.45) is 0. The number of aromatic nitrogens is 2. The SMILES string of the molecule is CC1(c2ccccc2)c2ccccc2-c2cccc(-c3cc(-c4cccc(-c5ccccc5)c4)nc(-c4ccc(-c5c6ccccc6cc6c5ccc5ccccc56)cc4)n3)c21. The van der Waals surface area contributed by atoms with E-state index in [-0.39, 0.29) is 0 Å². The third-order valence-electron chi connectivity index (χ3n) is 13.1. The van der Waals surface area contributed by atoms with Gasteiger partial charge in [-0.2, -0.15) is 0 Å². The first-order valence-electron chi connectivity index (χ1n) is 21.4. The molecule has 1 aromatic heterocycles. The summed E-state index contributed by atoms with van der Waals surface area (Å²) in [5, 5.41) is 7.49. The standard InChI is InChI=1S/C60H40N2/c1-60(46-22-6-3-7-23-46)54-29-13-12-26-49(54)51-27-15-28-52(58(51)60)56-38-55(45-21-14-20-43(36-45)39-16-4-2-5-17-39)61-59(62-56)42-32-30-41(31-33-42)57-48-25-11-9-19-44(48)37-53-47-24-10-8-18-40(47)34-35-50(53)57/h2-38H,1H3. The van der Waals surface area contributed by atoms with Crippen LogP contribution in [0.1, 0.15) is 23.6 Å². The Hall–Kier alpha value is -7.94. The molecule has 1 aliphatic rings. The first kappa shape index (κ1) is 36.0. The molecule has 2 nitrogen and oxygen atoms in total. The Labute approximate surface area is 361 Å². The Morgan fingerprint density at radius 1 is 0.339 bits per heavy atom. The first-order valence-corrected chi connectivity index (χ1v) is 21.4. The number of fused-ring (bicyclic) bond motifs is 7. The molecule has 12 rings (SSSR count). The van der Waals surface area contributed by atoms with Crippen molar-refractivity contribution in [2.45, 2.75) is 12.3 Å². The van der Waals surface area contributed by atoms with Gasteiger partial charge in [-0.1, -0.05) is 206 Å². The molecule has 0 bridgehead atoms. The molecule has 10 aromatic carbocycles. The number of benzene rings is 10. The Kier molecular flexibility index (Phi) is 8.33. The fourth-order valence-electron chi connectivity index (χ4n) is 10.2. The van der Waals surface area contributed by atoms with Crippen LogP contribution in [-0.4, -0.2) is 9.97 Å². The van der Waals surface area contributed by atoms with Crippen molar-refractivity contribution in [1.82, 2.24) is 9.97 Å². The van der Waals surface area contributed by atoms with Crippen molar-refractivity contribution in [3.8, 4) is 67.3 Å². The van der Waals surface area contributed by atoms with E-state index in [1.54, 1.807) is 0 Å². The average Bonchev–Trinajstić information content (AvgIpc) is 3.62. The zero-order chi connectivity index (χ0) is 41.2. The third-order valence-corrected chi connectivity index (χ3v) is 13.1. The van der Waals surface area contributed by atoms with Crippen molar-refractivity contribution < 1.29 is 0 Å². The fraction of sp³-hybridized carbons (Fsp3) is 0.0333. The van der Waals surface area contributed by atoms with E-state index in [2.05, 4.69) is 231 Å². The number of hydrogen-bond donors (Lipinski definition) is 0. The van der Waals surface area contributed by atoms with E-state index in [0.717, 1.165) is 39.2 Å².